The van der Waals surface area contributed by atoms with Gasteiger partial charge in [-0.15, -0.1) is 0 Å². The van der Waals surface area contributed by atoms with Crippen molar-refractivity contribution in [2.24, 2.45) is 0 Å². The van der Waals surface area contributed by atoms with E-state index in [1.807, 2.05) is 19.9 Å². The second-order valence-corrected chi connectivity index (χ2v) is 4.79. The Labute approximate surface area is 118 Å². The Morgan fingerprint density at radius 2 is 2.30 bits per heavy atom. The number of hydrogen-bond acceptors (Lipinski definition) is 4. The van der Waals surface area contributed by atoms with Gasteiger partial charge in [0.25, 0.3) is 5.91 Å². The maximum Gasteiger partial charge on any atom is 0.257 e. The van der Waals surface area contributed by atoms with Gasteiger partial charge in [-0.25, -0.2) is 0 Å². The maximum atomic E-state index is 12.6. The molecule has 20 heavy (non-hydrogen) atoms. The molecule has 0 saturated carbocycles. The van der Waals surface area contributed by atoms with Crippen molar-refractivity contribution in [3.63, 3.8) is 0 Å². The van der Waals surface area contributed by atoms with Crippen molar-refractivity contribution in [3.8, 4) is 0 Å². The first-order chi connectivity index (χ1) is 9.61. The Balaban J connectivity index is 2.21. The number of aromatic nitrogens is 1. The summed E-state index contributed by atoms with van der Waals surface area (Å²) in [7, 11) is 0. The van der Waals surface area contributed by atoms with Gasteiger partial charge in [-0.3, -0.25) is 14.6 Å². The first-order valence-corrected chi connectivity index (χ1v) is 6.88. The molecule has 108 valence electrons. The normalized spacial score (nSPS) is 15.5. The molecule has 0 aromatic carbocycles. The van der Waals surface area contributed by atoms with E-state index in [0.29, 0.717) is 31.6 Å². The molecule has 0 radical (unpaired) electrons. The fourth-order valence-corrected chi connectivity index (χ4v) is 2.21. The molecule has 1 aliphatic heterocycles. The number of nitrogens with one attached hydrogen (secondary N) is 2. The number of carbonyl (C=O) groups excluding carboxylic acids is 2. The molecule has 1 aromatic rings. The van der Waals surface area contributed by atoms with E-state index < -0.39 is 0 Å². The van der Waals surface area contributed by atoms with Crippen molar-refractivity contribution in [2.45, 2.75) is 20.3 Å². The summed E-state index contributed by atoms with van der Waals surface area (Å²) in [4.78, 5) is 29.8. The summed E-state index contributed by atoms with van der Waals surface area (Å²) in [5.74, 6) is -0.0841. The van der Waals surface area contributed by atoms with Gasteiger partial charge in [0.15, 0.2) is 0 Å². The molecule has 1 fully saturated rings. The maximum absolute atomic E-state index is 12.6. The molecule has 1 aromatic heterocycles. The minimum atomic E-state index is -0.0787. The van der Waals surface area contributed by atoms with E-state index in [9.17, 15) is 9.59 Å². The lowest BCUT2D eigenvalue weighted by molar-refractivity contribution is -0.120. The van der Waals surface area contributed by atoms with E-state index in [-0.39, 0.29) is 11.8 Å². The summed E-state index contributed by atoms with van der Waals surface area (Å²) in [6.45, 7) is 6.10. The van der Waals surface area contributed by atoms with E-state index in [1.54, 1.807) is 11.1 Å². The predicted octanol–water partition coefficient (Wildman–Crippen LogP) is 0.784. The van der Waals surface area contributed by atoms with Crippen LogP contribution in [0.15, 0.2) is 12.3 Å². The molecular weight excluding hydrogens is 256 g/mol. The van der Waals surface area contributed by atoms with Gasteiger partial charge >= 0.3 is 0 Å². The number of anilines is 1. The summed E-state index contributed by atoms with van der Waals surface area (Å²) in [6, 6.07) is 1.87. The Morgan fingerprint density at radius 3 is 3.05 bits per heavy atom. The largest absolute Gasteiger partial charge is 0.385 e. The van der Waals surface area contributed by atoms with Crippen LogP contribution in [-0.4, -0.2) is 47.9 Å². The van der Waals surface area contributed by atoms with Gasteiger partial charge in [0.2, 0.25) is 5.91 Å². The highest BCUT2D eigenvalue weighted by molar-refractivity contribution is 5.99. The minimum absolute atomic E-state index is 0.00534. The van der Waals surface area contributed by atoms with E-state index in [1.165, 1.54) is 0 Å². The second-order valence-electron chi connectivity index (χ2n) is 4.79. The molecule has 1 aliphatic rings. The predicted molar refractivity (Wildman–Crippen MR) is 76.7 cm³/mol. The van der Waals surface area contributed by atoms with Gasteiger partial charge in [-0.05, 0) is 19.9 Å². The smallest absolute Gasteiger partial charge is 0.257 e. The topological polar surface area (TPSA) is 74.3 Å². The van der Waals surface area contributed by atoms with Crippen LogP contribution in [0.4, 0.5) is 5.69 Å². The Bertz CT molecular complexity index is 516. The van der Waals surface area contributed by atoms with Crippen molar-refractivity contribution in [1.82, 2.24) is 15.2 Å². The van der Waals surface area contributed by atoms with Crippen molar-refractivity contribution < 1.29 is 9.59 Å². The van der Waals surface area contributed by atoms with Gasteiger partial charge in [-0.1, -0.05) is 0 Å². The van der Waals surface area contributed by atoms with Crippen molar-refractivity contribution >= 4 is 17.5 Å². The van der Waals surface area contributed by atoms with Crippen LogP contribution in [0, 0.1) is 6.92 Å². The highest BCUT2D eigenvalue weighted by Gasteiger charge is 2.22. The average molecular weight is 276 g/mol. The van der Waals surface area contributed by atoms with Crippen molar-refractivity contribution in [1.29, 1.82) is 0 Å². The molecular formula is C14H20N4O2. The van der Waals surface area contributed by atoms with Crippen LogP contribution in [-0.2, 0) is 4.79 Å². The van der Waals surface area contributed by atoms with Crippen molar-refractivity contribution in [3.05, 3.63) is 23.5 Å². The molecule has 2 rings (SSSR count). The Morgan fingerprint density at radius 1 is 1.50 bits per heavy atom. The van der Waals surface area contributed by atoms with Gasteiger partial charge in [-0.2, -0.15) is 0 Å². The lowest BCUT2D eigenvalue weighted by atomic mass is 10.1. The van der Waals surface area contributed by atoms with Gasteiger partial charge in [0.1, 0.15) is 0 Å². The van der Waals surface area contributed by atoms with Crippen molar-refractivity contribution in [2.75, 3.05) is 31.5 Å². The number of nitrogens with zero attached hydrogens (tertiary/aromatic N) is 2. The molecule has 0 atom stereocenters. The average Bonchev–Trinajstić information content (AvgIpc) is 2.63. The zero-order chi connectivity index (χ0) is 14.5. The lowest BCUT2D eigenvalue weighted by Gasteiger charge is -2.21. The number of amides is 2. The zero-order valence-corrected chi connectivity index (χ0v) is 11.9. The van der Waals surface area contributed by atoms with Gasteiger partial charge < -0.3 is 15.5 Å². The third-order valence-corrected chi connectivity index (χ3v) is 3.24. The number of rotatable bonds is 3. The van der Waals surface area contributed by atoms with E-state index in [2.05, 4.69) is 15.6 Å². The van der Waals surface area contributed by atoms with Crippen LogP contribution in [0.2, 0.25) is 0 Å². The molecule has 0 bridgehead atoms. The quantitative estimate of drug-likeness (QED) is 0.855. The fourth-order valence-electron chi connectivity index (χ4n) is 2.21. The Kier molecular flexibility index (Phi) is 4.55. The van der Waals surface area contributed by atoms with Crippen LogP contribution >= 0.6 is 0 Å². The fraction of sp³-hybridized carbons (Fsp3) is 0.500. The van der Waals surface area contributed by atoms with Crippen LogP contribution in [0.25, 0.3) is 0 Å². The Hall–Kier alpha value is -2.11. The summed E-state index contributed by atoms with van der Waals surface area (Å²) in [5, 5.41) is 5.96. The number of carbonyl (C=O) groups is 2. The first kappa shape index (κ1) is 14.3. The summed E-state index contributed by atoms with van der Waals surface area (Å²) >= 11 is 0. The standard InChI is InChI=1S/C14H20N4O2/c1-3-15-12-8-10(2)17-9-11(12)14(20)18-6-4-13(19)16-5-7-18/h8-9H,3-7H2,1-2H3,(H,15,17)(H,16,19). The zero-order valence-electron chi connectivity index (χ0n) is 11.9. The third kappa shape index (κ3) is 3.26. The molecule has 6 heteroatoms. The number of hydrogen-bond donors (Lipinski definition) is 2. The van der Waals surface area contributed by atoms with Crippen LogP contribution < -0.4 is 10.6 Å². The number of aryl methyl sites for hydroxylation is 1. The highest BCUT2D eigenvalue weighted by atomic mass is 16.2. The molecule has 1 saturated heterocycles. The van der Waals surface area contributed by atoms with Crippen LogP contribution in [0.5, 0.6) is 0 Å². The van der Waals surface area contributed by atoms with Crippen LogP contribution in [0.3, 0.4) is 0 Å². The van der Waals surface area contributed by atoms with E-state index >= 15 is 0 Å². The SMILES string of the molecule is CCNc1cc(C)ncc1C(=O)N1CCNC(=O)CC1. The summed E-state index contributed by atoms with van der Waals surface area (Å²) < 4.78 is 0. The van der Waals surface area contributed by atoms with E-state index in [0.717, 1.165) is 17.9 Å². The molecule has 0 aliphatic carbocycles. The van der Waals surface area contributed by atoms with E-state index in [4.69, 9.17) is 0 Å². The third-order valence-electron chi connectivity index (χ3n) is 3.24. The molecule has 2 heterocycles. The monoisotopic (exact) mass is 276 g/mol. The number of pyridine rings is 1. The highest BCUT2D eigenvalue weighted by Crippen LogP contribution is 2.18. The van der Waals surface area contributed by atoms with Crippen LogP contribution in [0.1, 0.15) is 29.4 Å². The molecule has 0 spiro atoms. The second kappa shape index (κ2) is 6.36. The molecule has 0 unspecified atom stereocenters. The molecule has 2 N–H and O–H groups in total. The first-order valence-electron chi connectivity index (χ1n) is 6.88. The summed E-state index contributed by atoms with van der Waals surface area (Å²) in [5.41, 5.74) is 2.23. The van der Waals surface area contributed by atoms with Gasteiger partial charge in [0.05, 0.1) is 11.3 Å². The summed E-state index contributed by atoms with van der Waals surface area (Å²) in [6.07, 6.45) is 1.96. The molecule has 6 nitrogen and oxygen atoms in total. The lowest BCUT2D eigenvalue weighted by Crippen LogP contribution is -2.34. The van der Waals surface area contributed by atoms with Gasteiger partial charge in [0, 0.05) is 44.5 Å². The molecule has 2 amide bonds. The minimum Gasteiger partial charge on any atom is -0.385 e.